The monoisotopic (exact) mass is 289 g/mol. The second-order valence-corrected chi connectivity index (χ2v) is 4.83. The lowest BCUT2D eigenvalue weighted by atomic mass is 10.1. The summed E-state index contributed by atoms with van der Waals surface area (Å²) in [6.45, 7) is 0. The molecular weight excluding hydrogens is 274 g/mol. The van der Waals surface area contributed by atoms with Gasteiger partial charge >= 0.3 is 0 Å². The molecule has 1 unspecified atom stereocenters. The maximum atomic E-state index is 5.35. The van der Waals surface area contributed by atoms with Crippen LogP contribution in [0.2, 0.25) is 0 Å². The van der Waals surface area contributed by atoms with E-state index in [2.05, 4.69) is 39.5 Å². The molecule has 4 heteroatoms. The summed E-state index contributed by atoms with van der Waals surface area (Å²) in [4.78, 5) is 2.14. The molecule has 0 aliphatic carbocycles. The van der Waals surface area contributed by atoms with Crippen molar-refractivity contribution in [3.63, 3.8) is 0 Å². The van der Waals surface area contributed by atoms with E-state index in [0.717, 1.165) is 21.5 Å². The lowest BCUT2D eigenvalue weighted by molar-refractivity contribution is 0.313. The quantitative estimate of drug-likeness (QED) is 0.856. The molecule has 0 spiro atoms. The second-order valence-electron chi connectivity index (χ2n) is 3.55. The topological polar surface area (TPSA) is 12.5 Å². The van der Waals surface area contributed by atoms with E-state index >= 15 is 0 Å². The van der Waals surface area contributed by atoms with Crippen molar-refractivity contribution in [2.24, 2.45) is 0 Å². The molecule has 0 saturated carbocycles. The number of ether oxygens (including phenoxy) is 1. The molecule has 0 aliphatic rings. The van der Waals surface area contributed by atoms with Gasteiger partial charge < -0.3 is 9.64 Å². The minimum Gasteiger partial charge on any atom is -0.496 e. The van der Waals surface area contributed by atoms with E-state index in [1.807, 2.05) is 26.2 Å². The fourth-order valence-corrected chi connectivity index (χ4v) is 2.41. The molecule has 1 aromatic carbocycles. The fourth-order valence-electron chi connectivity index (χ4n) is 1.51. The molecule has 1 rings (SSSR count). The van der Waals surface area contributed by atoms with Crippen molar-refractivity contribution >= 4 is 28.6 Å². The van der Waals surface area contributed by atoms with Crippen LogP contribution in [0, 0.1) is 0 Å². The van der Waals surface area contributed by atoms with Crippen LogP contribution in [-0.2, 0) is 0 Å². The van der Waals surface area contributed by atoms with Gasteiger partial charge in [-0.05, 0) is 32.3 Å². The molecular formula is C11H16BrNOS. The fraction of sp³-hybridized carbons (Fsp3) is 0.455. The molecule has 1 atom stereocenters. The normalized spacial score (nSPS) is 12.9. The summed E-state index contributed by atoms with van der Waals surface area (Å²) in [5, 5.41) is 0. The Kier molecular flexibility index (Phi) is 4.96. The van der Waals surface area contributed by atoms with Gasteiger partial charge in [0, 0.05) is 21.8 Å². The predicted octanol–water partition coefficient (Wildman–Crippen LogP) is 2.99. The summed E-state index contributed by atoms with van der Waals surface area (Å²) >= 11 is 7.85. The number of nitrogens with zero attached hydrogens (tertiary/aromatic N) is 1. The van der Waals surface area contributed by atoms with Crippen LogP contribution in [0.4, 0.5) is 0 Å². The number of methoxy groups -OCH3 is 1. The summed E-state index contributed by atoms with van der Waals surface area (Å²) in [6.07, 6.45) is 0. The molecule has 0 aliphatic heterocycles. The standard InChI is InChI=1S/C11H16BrNOS/c1-13(2)10(7-15)9-6-8(12)4-5-11(9)14-3/h4-6,10,15H,7H2,1-3H3. The van der Waals surface area contributed by atoms with Gasteiger partial charge in [0.05, 0.1) is 7.11 Å². The van der Waals surface area contributed by atoms with Gasteiger partial charge in [-0.25, -0.2) is 0 Å². The largest absolute Gasteiger partial charge is 0.496 e. The summed E-state index contributed by atoms with van der Waals surface area (Å²) in [7, 11) is 5.78. The van der Waals surface area contributed by atoms with E-state index in [1.54, 1.807) is 7.11 Å². The van der Waals surface area contributed by atoms with Gasteiger partial charge in [-0.3, -0.25) is 0 Å². The highest BCUT2D eigenvalue weighted by atomic mass is 79.9. The SMILES string of the molecule is COc1ccc(Br)cc1C(CS)N(C)C. The van der Waals surface area contributed by atoms with Gasteiger partial charge in [0.25, 0.3) is 0 Å². The van der Waals surface area contributed by atoms with Crippen molar-refractivity contribution in [2.45, 2.75) is 6.04 Å². The van der Waals surface area contributed by atoms with Crippen LogP contribution in [0.5, 0.6) is 5.75 Å². The summed E-state index contributed by atoms with van der Waals surface area (Å²) in [5.74, 6) is 1.67. The maximum absolute atomic E-state index is 5.35. The lowest BCUT2D eigenvalue weighted by Crippen LogP contribution is -2.21. The third kappa shape index (κ3) is 3.13. The lowest BCUT2D eigenvalue weighted by Gasteiger charge is -2.24. The molecule has 0 saturated heterocycles. The average Bonchev–Trinajstić information content (AvgIpc) is 2.18. The van der Waals surface area contributed by atoms with Crippen LogP contribution in [0.3, 0.4) is 0 Å². The summed E-state index contributed by atoms with van der Waals surface area (Å²) in [5.41, 5.74) is 1.16. The second kappa shape index (κ2) is 5.77. The highest BCUT2D eigenvalue weighted by Crippen LogP contribution is 2.31. The van der Waals surface area contributed by atoms with E-state index < -0.39 is 0 Å². The summed E-state index contributed by atoms with van der Waals surface area (Å²) in [6, 6.07) is 6.30. The third-order valence-corrected chi connectivity index (χ3v) is 3.19. The van der Waals surface area contributed by atoms with E-state index in [0.29, 0.717) is 0 Å². The Balaban J connectivity index is 3.13. The summed E-state index contributed by atoms with van der Waals surface area (Å²) < 4.78 is 6.41. The Morgan fingerprint density at radius 2 is 2.13 bits per heavy atom. The zero-order valence-electron chi connectivity index (χ0n) is 9.20. The van der Waals surface area contributed by atoms with Gasteiger partial charge in [0.1, 0.15) is 5.75 Å². The Bertz CT molecular complexity index is 330. The Morgan fingerprint density at radius 1 is 1.47 bits per heavy atom. The minimum absolute atomic E-state index is 0.265. The molecule has 1 aromatic rings. The van der Waals surface area contributed by atoms with Crippen LogP contribution < -0.4 is 4.74 Å². The molecule has 15 heavy (non-hydrogen) atoms. The number of rotatable bonds is 4. The molecule has 0 N–H and O–H groups in total. The van der Waals surface area contributed by atoms with Crippen molar-refractivity contribution in [3.8, 4) is 5.75 Å². The van der Waals surface area contributed by atoms with Crippen molar-refractivity contribution in [1.29, 1.82) is 0 Å². The van der Waals surface area contributed by atoms with Gasteiger partial charge in [-0.2, -0.15) is 12.6 Å². The van der Waals surface area contributed by atoms with E-state index in [4.69, 9.17) is 4.74 Å². The molecule has 0 heterocycles. The highest BCUT2D eigenvalue weighted by molar-refractivity contribution is 9.10. The van der Waals surface area contributed by atoms with Crippen molar-refractivity contribution in [1.82, 2.24) is 4.90 Å². The highest BCUT2D eigenvalue weighted by Gasteiger charge is 2.16. The molecule has 0 amide bonds. The Hall–Kier alpha value is -0.190. The molecule has 0 fully saturated rings. The molecule has 2 nitrogen and oxygen atoms in total. The first-order valence-corrected chi connectivity index (χ1v) is 6.13. The van der Waals surface area contributed by atoms with E-state index in [9.17, 15) is 0 Å². The van der Waals surface area contributed by atoms with Crippen LogP contribution in [0.25, 0.3) is 0 Å². The van der Waals surface area contributed by atoms with E-state index in [1.165, 1.54) is 0 Å². The third-order valence-electron chi connectivity index (χ3n) is 2.35. The minimum atomic E-state index is 0.265. The molecule has 0 radical (unpaired) electrons. The van der Waals surface area contributed by atoms with Crippen molar-refractivity contribution < 1.29 is 4.74 Å². The number of hydrogen-bond donors (Lipinski definition) is 1. The zero-order chi connectivity index (χ0) is 11.4. The van der Waals surface area contributed by atoms with Gasteiger partial charge in [0.2, 0.25) is 0 Å². The first kappa shape index (κ1) is 12.9. The Morgan fingerprint density at radius 3 is 2.60 bits per heavy atom. The smallest absolute Gasteiger partial charge is 0.123 e. The number of thiol groups is 1. The van der Waals surface area contributed by atoms with Crippen molar-refractivity contribution in [3.05, 3.63) is 28.2 Å². The van der Waals surface area contributed by atoms with Gasteiger partial charge in [-0.1, -0.05) is 15.9 Å². The number of halogens is 1. The zero-order valence-corrected chi connectivity index (χ0v) is 11.7. The van der Waals surface area contributed by atoms with Crippen LogP contribution in [0.15, 0.2) is 22.7 Å². The van der Waals surface area contributed by atoms with Gasteiger partial charge in [0.15, 0.2) is 0 Å². The van der Waals surface area contributed by atoms with Crippen molar-refractivity contribution in [2.75, 3.05) is 27.0 Å². The number of benzene rings is 1. The first-order valence-electron chi connectivity index (χ1n) is 4.71. The average molecular weight is 290 g/mol. The van der Waals surface area contributed by atoms with Gasteiger partial charge in [-0.15, -0.1) is 0 Å². The Labute approximate surface area is 105 Å². The van der Waals surface area contributed by atoms with Crippen LogP contribution in [-0.4, -0.2) is 31.9 Å². The molecule has 0 aromatic heterocycles. The number of hydrogen-bond acceptors (Lipinski definition) is 3. The molecule has 84 valence electrons. The van der Waals surface area contributed by atoms with Crippen LogP contribution in [0.1, 0.15) is 11.6 Å². The van der Waals surface area contributed by atoms with Crippen LogP contribution >= 0.6 is 28.6 Å². The molecule has 0 bridgehead atoms. The van der Waals surface area contributed by atoms with E-state index in [-0.39, 0.29) is 6.04 Å². The first-order chi connectivity index (χ1) is 7.10. The predicted molar refractivity (Wildman–Crippen MR) is 71.0 cm³/mol. The maximum Gasteiger partial charge on any atom is 0.123 e.